The van der Waals surface area contributed by atoms with Crippen LogP contribution in [0.25, 0.3) is 0 Å². The van der Waals surface area contributed by atoms with E-state index in [1.54, 1.807) is 18.2 Å². The van der Waals surface area contributed by atoms with Crippen molar-refractivity contribution in [2.24, 2.45) is 5.73 Å². The molecule has 0 radical (unpaired) electrons. The highest BCUT2D eigenvalue weighted by Crippen LogP contribution is 2.34. The Morgan fingerprint density at radius 3 is 2.59 bits per heavy atom. The molecule has 1 aromatic rings. The monoisotopic (exact) mass is 233 g/mol. The van der Waals surface area contributed by atoms with Crippen LogP contribution in [0.2, 0.25) is 0 Å². The Labute approximate surface area is 104 Å². The van der Waals surface area contributed by atoms with Crippen molar-refractivity contribution < 1.29 is 4.74 Å². The van der Waals surface area contributed by atoms with Gasteiger partial charge in [-0.25, -0.2) is 0 Å². The molecule has 94 valence electrons. The van der Waals surface area contributed by atoms with Gasteiger partial charge in [-0.2, -0.15) is 0 Å². The fraction of sp³-hybridized carbons (Fsp3) is 0.600. The fourth-order valence-corrected chi connectivity index (χ4v) is 2.93. The van der Waals surface area contributed by atoms with Crippen molar-refractivity contribution in [3.05, 3.63) is 28.3 Å². The van der Waals surface area contributed by atoms with Crippen molar-refractivity contribution >= 4 is 0 Å². The van der Waals surface area contributed by atoms with Crippen LogP contribution in [0, 0.1) is 6.92 Å². The molecule has 0 atom stereocenters. The largest absolute Gasteiger partial charge is 0.496 e. The van der Waals surface area contributed by atoms with Crippen LogP contribution in [0.4, 0.5) is 0 Å². The Kier molecular flexibility index (Phi) is 4.06. The van der Waals surface area contributed by atoms with Crippen LogP contribution < -0.4 is 10.5 Å². The van der Waals surface area contributed by atoms with E-state index in [0.29, 0.717) is 0 Å². The first-order valence-corrected chi connectivity index (χ1v) is 6.66. The third-order valence-corrected chi connectivity index (χ3v) is 3.80. The summed E-state index contributed by atoms with van der Waals surface area (Å²) in [5.74, 6) is 1.07. The van der Waals surface area contributed by atoms with E-state index in [2.05, 4.69) is 13.0 Å². The molecule has 2 rings (SSSR count). The number of methoxy groups -OCH3 is 1. The Hall–Kier alpha value is -1.02. The van der Waals surface area contributed by atoms with Gasteiger partial charge in [-0.3, -0.25) is 0 Å². The number of hydrogen-bond acceptors (Lipinski definition) is 2. The van der Waals surface area contributed by atoms with Crippen LogP contribution in [-0.2, 0) is 19.3 Å². The first kappa shape index (κ1) is 12.4. The van der Waals surface area contributed by atoms with E-state index >= 15 is 0 Å². The maximum atomic E-state index is 5.63. The molecular weight excluding hydrogens is 210 g/mol. The van der Waals surface area contributed by atoms with Gasteiger partial charge in [0.1, 0.15) is 5.75 Å². The standard InChI is InChI=1S/C15H23NO/c1-11-10-15(17-2)14(8-5-9-16)13-7-4-3-6-12(11)13/h10H,3-9,16H2,1-2H3. The van der Waals surface area contributed by atoms with E-state index in [1.165, 1.54) is 36.8 Å². The zero-order chi connectivity index (χ0) is 12.3. The van der Waals surface area contributed by atoms with E-state index in [-0.39, 0.29) is 0 Å². The predicted molar refractivity (Wildman–Crippen MR) is 71.7 cm³/mol. The van der Waals surface area contributed by atoms with E-state index in [1.807, 2.05) is 0 Å². The summed E-state index contributed by atoms with van der Waals surface area (Å²) in [7, 11) is 1.77. The molecule has 0 aliphatic heterocycles. The average molecular weight is 233 g/mol. The summed E-state index contributed by atoms with van der Waals surface area (Å²) in [6, 6.07) is 2.20. The average Bonchev–Trinajstić information content (AvgIpc) is 2.37. The van der Waals surface area contributed by atoms with Gasteiger partial charge in [0.05, 0.1) is 7.11 Å². The van der Waals surface area contributed by atoms with Crippen LogP contribution >= 0.6 is 0 Å². The van der Waals surface area contributed by atoms with Crippen LogP contribution in [0.15, 0.2) is 6.07 Å². The topological polar surface area (TPSA) is 35.2 Å². The van der Waals surface area contributed by atoms with E-state index in [9.17, 15) is 0 Å². The molecule has 0 aromatic heterocycles. The van der Waals surface area contributed by atoms with E-state index < -0.39 is 0 Å². The van der Waals surface area contributed by atoms with Gasteiger partial charge >= 0.3 is 0 Å². The lowest BCUT2D eigenvalue weighted by atomic mass is 9.83. The van der Waals surface area contributed by atoms with Crippen molar-refractivity contribution in [2.45, 2.75) is 45.4 Å². The minimum absolute atomic E-state index is 0.756. The van der Waals surface area contributed by atoms with Gasteiger partial charge in [0.15, 0.2) is 0 Å². The maximum absolute atomic E-state index is 5.63. The molecule has 2 N–H and O–H groups in total. The quantitative estimate of drug-likeness (QED) is 0.868. The molecule has 0 bridgehead atoms. The number of ether oxygens (including phenoxy) is 1. The first-order chi connectivity index (χ1) is 8.27. The molecule has 2 nitrogen and oxygen atoms in total. The van der Waals surface area contributed by atoms with Crippen LogP contribution in [-0.4, -0.2) is 13.7 Å². The van der Waals surface area contributed by atoms with Gasteiger partial charge in [0.25, 0.3) is 0 Å². The molecular formula is C15H23NO. The third kappa shape index (κ3) is 2.47. The molecule has 0 saturated carbocycles. The molecule has 0 spiro atoms. The number of benzene rings is 1. The highest BCUT2D eigenvalue weighted by molar-refractivity contribution is 5.50. The number of fused-ring (bicyclic) bond motifs is 1. The number of rotatable bonds is 4. The fourth-order valence-electron chi connectivity index (χ4n) is 2.93. The lowest BCUT2D eigenvalue weighted by molar-refractivity contribution is 0.407. The summed E-state index contributed by atoms with van der Waals surface area (Å²) in [5.41, 5.74) is 11.6. The molecule has 2 heteroatoms. The highest BCUT2D eigenvalue weighted by Gasteiger charge is 2.18. The zero-order valence-corrected chi connectivity index (χ0v) is 11.0. The summed E-state index contributed by atoms with van der Waals surface area (Å²) in [5, 5.41) is 0. The van der Waals surface area contributed by atoms with Gasteiger partial charge in [-0.1, -0.05) is 0 Å². The van der Waals surface area contributed by atoms with Crippen LogP contribution in [0.5, 0.6) is 5.75 Å². The van der Waals surface area contributed by atoms with Crippen LogP contribution in [0.3, 0.4) is 0 Å². The number of nitrogens with two attached hydrogens (primary N) is 1. The summed E-state index contributed by atoms with van der Waals surface area (Å²) in [4.78, 5) is 0. The van der Waals surface area contributed by atoms with Crippen molar-refractivity contribution in [3.63, 3.8) is 0 Å². The summed E-state index contributed by atoms with van der Waals surface area (Å²) in [6.45, 7) is 2.96. The van der Waals surface area contributed by atoms with Crippen LogP contribution in [0.1, 0.15) is 41.5 Å². The highest BCUT2D eigenvalue weighted by atomic mass is 16.5. The molecule has 0 saturated heterocycles. The van der Waals surface area contributed by atoms with Gasteiger partial charge in [-0.05, 0) is 80.3 Å². The SMILES string of the molecule is COc1cc(C)c2c(c1CCCN)CCCC2. The minimum atomic E-state index is 0.756. The predicted octanol–water partition coefficient (Wildman–Crippen LogP) is 2.77. The molecule has 1 aliphatic carbocycles. The molecule has 1 aliphatic rings. The maximum Gasteiger partial charge on any atom is 0.122 e. The normalized spacial score (nSPS) is 14.5. The molecule has 0 unspecified atom stereocenters. The van der Waals surface area contributed by atoms with Gasteiger partial charge in [0, 0.05) is 0 Å². The second-order valence-electron chi connectivity index (χ2n) is 4.93. The van der Waals surface area contributed by atoms with Crippen molar-refractivity contribution in [1.82, 2.24) is 0 Å². The van der Waals surface area contributed by atoms with Crippen molar-refractivity contribution in [2.75, 3.05) is 13.7 Å². The minimum Gasteiger partial charge on any atom is -0.496 e. The molecule has 0 fully saturated rings. The molecule has 0 heterocycles. The second-order valence-corrected chi connectivity index (χ2v) is 4.93. The van der Waals surface area contributed by atoms with Gasteiger partial charge in [0.2, 0.25) is 0 Å². The third-order valence-electron chi connectivity index (χ3n) is 3.80. The Balaban J connectivity index is 2.44. The Bertz CT molecular complexity index is 398. The summed E-state index contributed by atoms with van der Waals surface area (Å²) >= 11 is 0. The lowest BCUT2D eigenvalue weighted by Crippen LogP contribution is -2.11. The Morgan fingerprint density at radius 2 is 1.94 bits per heavy atom. The van der Waals surface area contributed by atoms with Crippen molar-refractivity contribution in [1.29, 1.82) is 0 Å². The van der Waals surface area contributed by atoms with Crippen molar-refractivity contribution in [3.8, 4) is 5.75 Å². The second kappa shape index (κ2) is 5.54. The number of hydrogen-bond donors (Lipinski definition) is 1. The van der Waals surface area contributed by atoms with Gasteiger partial charge in [-0.15, -0.1) is 0 Å². The molecule has 0 amide bonds. The van der Waals surface area contributed by atoms with E-state index in [0.717, 1.165) is 25.1 Å². The molecule has 17 heavy (non-hydrogen) atoms. The first-order valence-electron chi connectivity index (χ1n) is 6.66. The number of aryl methyl sites for hydroxylation is 1. The van der Waals surface area contributed by atoms with E-state index in [4.69, 9.17) is 10.5 Å². The Morgan fingerprint density at radius 1 is 1.24 bits per heavy atom. The zero-order valence-electron chi connectivity index (χ0n) is 11.0. The molecule has 1 aromatic carbocycles. The summed E-state index contributed by atoms with van der Waals surface area (Å²) < 4.78 is 5.55. The summed E-state index contributed by atoms with van der Waals surface area (Å²) in [6.07, 6.45) is 7.20. The smallest absolute Gasteiger partial charge is 0.122 e. The van der Waals surface area contributed by atoms with Gasteiger partial charge < -0.3 is 10.5 Å². The lowest BCUT2D eigenvalue weighted by Gasteiger charge is -2.24.